The van der Waals surface area contributed by atoms with Crippen LogP contribution in [0.5, 0.6) is 0 Å². The van der Waals surface area contributed by atoms with Crippen LogP contribution in [-0.4, -0.2) is 61.1 Å². The number of halogens is 3. The number of amides is 2. The van der Waals surface area contributed by atoms with Crippen molar-refractivity contribution in [3.8, 4) is 0 Å². The summed E-state index contributed by atoms with van der Waals surface area (Å²) in [7, 11) is 0. The minimum absolute atomic E-state index is 0.0709. The number of carbonyl (C=O) groups is 2. The van der Waals surface area contributed by atoms with Gasteiger partial charge < -0.3 is 19.9 Å². The van der Waals surface area contributed by atoms with Crippen LogP contribution in [-0.2, 0) is 22.3 Å². The van der Waals surface area contributed by atoms with E-state index in [1.807, 2.05) is 12.1 Å². The number of hydrogen-bond donors (Lipinski definition) is 1. The van der Waals surface area contributed by atoms with Gasteiger partial charge in [0.2, 0.25) is 5.91 Å². The summed E-state index contributed by atoms with van der Waals surface area (Å²) in [5, 5.41) is 3.00. The summed E-state index contributed by atoms with van der Waals surface area (Å²) in [6, 6.07) is 8.02. The van der Waals surface area contributed by atoms with E-state index in [0.29, 0.717) is 45.7 Å². The lowest BCUT2D eigenvalue weighted by atomic mass is 9.95. The summed E-state index contributed by atoms with van der Waals surface area (Å²) >= 11 is 0. The molecule has 2 amide bonds. The average molecular weight is 476 g/mol. The number of anilines is 1. The summed E-state index contributed by atoms with van der Waals surface area (Å²) in [6.07, 6.45) is -1.70. The first-order valence-corrected chi connectivity index (χ1v) is 11.3. The van der Waals surface area contributed by atoms with Gasteiger partial charge in [-0.2, -0.15) is 13.2 Å². The minimum Gasteiger partial charge on any atom is -0.378 e. The lowest BCUT2D eigenvalue weighted by molar-refractivity contribution is -0.137. The van der Waals surface area contributed by atoms with Crippen molar-refractivity contribution >= 4 is 17.6 Å². The second-order valence-corrected chi connectivity index (χ2v) is 8.44. The minimum atomic E-state index is -4.44. The molecule has 0 aliphatic carbocycles. The summed E-state index contributed by atoms with van der Waals surface area (Å²) in [5.41, 5.74) is 0.362. The van der Waals surface area contributed by atoms with Gasteiger partial charge in [0.15, 0.2) is 0 Å². The number of hydrogen-bond acceptors (Lipinski definition) is 5. The van der Waals surface area contributed by atoms with Crippen LogP contribution < -0.4 is 10.2 Å². The van der Waals surface area contributed by atoms with Crippen molar-refractivity contribution in [3.63, 3.8) is 0 Å². The Morgan fingerprint density at radius 3 is 2.35 bits per heavy atom. The number of piperidine rings is 1. The Hall–Kier alpha value is -3.14. The fourth-order valence-electron chi connectivity index (χ4n) is 4.28. The fraction of sp³-hybridized carbons (Fsp3) is 0.458. The molecule has 2 aromatic rings. The summed E-state index contributed by atoms with van der Waals surface area (Å²) < 4.78 is 43.6. The lowest BCUT2D eigenvalue weighted by Crippen LogP contribution is -2.43. The first-order valence-electron chi connectivity index (χ1n) is 11.3. The summed E-state index contributed by atoms with van der Waals surface area (Å²) in [5.74, 6) is 0.236. The van der Waals surface area contributed by atoms with Gasteiger partial charge in [-0.05, 0) is 43.2 Å². The molecule has 0 unspecified atom stereocenters. The van der Waals surface area contributed by atoms with E-state index >= 15 is 0 Å². The molecule has 1 aromatic heterocycles. The molecule has 0 spiro atoms. The average Bonchev–Trinajstić information content (AvgIpc) is 2.87. The number of pyridine rings is 1. The highest BCUT2D eigenvalue weighted by atomic mass is 19.4. The SMILES string of the molecule is O=C(NCc1cccnc1N1CCOCC1)C1CCN(C(=O)c2ccc(C(F)(F)F)cc2)CC1. The van der Waals surface area contributed by atoms with Crippen molar-refractivity contribution < 1.29 is 27.5 Å². The van der Waals surface area contributed by atoms with Gasteiger partial charge in [0.25, 0.3) is 5.91 Å². The van der Waals surface area contributed by atoms with E-state index in [2.05, 4.69) is 15.2 Å². The highest BCUT2D eigenvalue weighted by Crippen LogP contribution is 2.29. The maximum Gasteiger partial charge on any atom is 0.416 e. The van der Waals surface area contributed by atoms with Gasteiger partial charge in [-0.1, -0.05) is 6.07 Å². The van der Waals surface area contributed by atoms with Gasteiger partial charge in [-0.25, -0.2) is 4.98 Å². The highest BCUT2D eigenvalue weighted by Gasteiger charge is 2.31. The molecular weight excluding hydrogens is 449 g/mol. The largest absolute Gasteiger partial charge is 0.416 e. The normalized spacial score (nSPS) is 17.5. The smallest absolute Gasteiger partial charge is 0.378 e. The summed E-state index contributed by atoms with van der Waals surface area (Å²) in [6.45, 7) is 3.92. The van der Waals surface area contributed by atoms with Gasteiger partial charge in [-0.15, -0.1) is 0 Å². The Morgan fingerprint density at radius 1 is 1.03 bits per heavy atom. The molecule has 34 heavy (non-hydrogen) atoms. The van der Waals surface area contributed by atoms with Gasteiger partial charge in [-0.3, -0.25) is 9.59 Å². The third kappa shape index (κ3) is 5.67. The van der Waals surface area contributed by atoms with Crippen LogP contribution in [0.1, 0.15) is 34.3 Å². The molecule has 0 bridgehead atoms. The molecule has 0 radical (unpaired) electrons. The van der Waals surface area contributed by atoms with E-state index in [0.717, 1.165) is 36.6 Å². The fourth-order valence-corrected chi connectivity index (χ4v) is 4.28. The molecule has 2 fully saturated rings. The van der Waals surface area contributed by atoms with Gasteiger partial charge in [0.1, 0.15) is 5.82 Å². The molecule has 2 aliphatic rings. The van der Waals surface area contributed by atoms with Crippen LogP contribution >= 0.6 is 0 Å². The van der Waals surface area contributed by atoms with E-state index < -0.39 is 11.7 Å². The maximum atomic E-state index is 12.8. The van der Waals surface area contributed by atoms with Crippen molar-refractivity contribution in [3.05, 3.63) is 59.3 Å². The van der Waals surface area contributed by atoms with Crippen LogP contribution in [0.4, 0.5) is 19.0 Å². The van der Waals surface area contributed by atoms with E-state index in [1.165, 1.54) is 12.1 Å². The predicted octanol–water partition coefficient (Wildman–Crippen LogP) is 3.11. The molecule has 10 heteroatoms. The Bertz CT molecular complexity index is 999. The maximum absolute atomic E-state index is 12.8. The van der Waals surface area contributed by atoms with Crippen molar-refractivity contribution in [1.82, 2.24) is 15.2 Å². The number of nitrogens with one attached hydrogen (secondary N) is 1. The first kappa shape index (κ1) is 24.0. The molecule has 3 heterocycles. The molecule has 2 aliphatic heterocycles. The molecule has 0 saturated carbocycles. The van der Waals surface area contributed by atoms with E-state index in [9.17, 15) is 22.8 Å². The van der Waals surface area contributed by atoms with E-state index in [4.69, 9.17) is 4.74 Å². The number of nitrogens with zero attached hydrogens (tertiary/aromatic N) is 3. The zero-order valence-corrected chi connectivity index (χ0v) is 18.7. The topological polar surface area (TPSA) is 74.8 Å². The van der Waals surface area contributed by atoms with Crippen molar-refractivity contribution in [2.24, 2.45) is 5.92 Å². The molecule has 182 valence electrons. The number of alkyl halides is 3. The zero-order valence-electron chi connectivity index (χ0n) is 18.7. The van der Waals surface area contributed by atoms with Crippen LogP contribution in [0.25, 0.3) is 0 Å². The Kier molecular flexibility index (Phi) is 7.35. The van der Waals surface area contributed by atoms with Crippen LogP contribution in [0.15, 0.2) is 42.6 Å². The van der Waals surface area contributed by atoms with Crippen LogP contribution in [0.3, 0.4) is 0 Å². The van der Waals surface area contributed by atoms with Crippen molar-refractivity contribution in [2.75, 3.05) is 44.3 Å². The molecule has 1 N–H and O–H groups in total. The van der Waals surface area contributed by atoms with Gasteiger partial charge in [0.05, 0.1) is 18.8 Å². The number of ether oxygens (including phenoxy) is 1. The van der Waals surface area contributed by atoms with Gasteiger partial charge >= 0.3 is 6.18 Å². The number of benzene rings is 1. The highest BCUT2D eigenvalue weighted by molar-refractivity contribution is 5.94. The Labute approximate surface area is 195 Å². The molecular formula is C24H27F3N4O3. The number of likely N-dealkylation sites (tertiary alicyclic amines) is 1. The van der Waals surface area contributed by atoms with Crippen molar-refractivity contribution in [2.45, 2.75) is 25.6 Å². The third-order valence-electron chi connectivity index (χ3n) is 6.24. The Morgan fingerprint density at radius 2 is 1.71 bits per heavy atom. The zero-order chi connectivity index (χ0) is 24.1. The predicted molar refractivity (Wildman–Crippen MR) is 119 cm³/mol. The number of aromatic nitrogens is 1. The Balaban J connectivity index is 1.28. The standard InChI is InChI=1S/C24H27F3N4O3/c25-24(26,27)20-5-3-18(4-6-20)23(33)31-10-7-17(8-11-31)22(32)29-16-19-2-1-9-28-21(19)30-12-14-34-15-13-30/h1-6,9,17H,7-8,10-16H2,(H,29,32). The first-order chi connectivity index (χ1) is 16.3. The second kappa shape index (κ2) is 10.4. The van der Waals surface area contributed by atoms with Crippen LogP contribution in [0, 0.1) is 5.92 Å². The number of carbonyl (C=O) groups excluding carboxylic acids is 2. The monoisotopic (exact) mass is 476 g/mol. The number of rotatable bonds is 5. The van der Waals surface area contributed by atoms with Crippen molar-refractivity contribution in [1.29, 1.82) is 0 Å². The molecule has 7 nitrogen and oxygen atoms in total. The molecule has 1 aromatic carbocycles. The number of morpholine rings is 1. The molecule has 4 rings (SSSR count). The third-order valence-corrected chi connectivity index (χ3v) is 6.24. The van der Waals surface area contributed by atoms with E-state index in [-0.39, 0.29) is 23.3 Å². The molecule has 0 atom stereocenters. The van der Waals surface area contributed by atoms with Gasteiger partial charge in [0, 0.05) is 56.0 Å². The summed E-state index contributed by atoms with van der Waals surface area (Å²) in [4.78, 5) is 33.6. The second-order valence-electron chi connectivity index (χ2n) is 8.44. The molecule has 2 saturated heterocycles. The van der Waals surface area contributed by atoms with E-state index in [1.54, 1.807) is 11.1 Å². The van der Waals surface area contributed by atoms with Crippen LogP contribution in [0.2, 0.25) is 0 Å². The lowest BCUT2D eigenvalue weighted by Gasteiger charge is -2.32. The quantitative estimate of drug-likeness (QED) is 0.718.